The van der Waals surface area contributed by atoms with Crippen LogP contribution in [0, 0.1) is 0 Å². The van der Waals surface area contributed by atoms with Crippen molar-refractivity contribution in [1.82, 2.24) is 10.6 Å². The standard InChI is InChI=1S/C16H25N3O.HI/c1-3-10-18-16(17-2)19-11-14-13-7-5-4-6-12(13)8-9-15(14)20;/h8-9,20H,3-7,10-11H2,1-2H3,(H2,17,18,19);1H. The van der Waals surface area contributed by atoms with Gasteiger partial charge in [-0.2, -0.15) is 0 Å². The minimum atomic E-state index is 0. The van der Waals surface area contributed by atoms with Crippen LogP contribution in [0.15, 0.2) is 17.1 Å². The summed E-state index contributed by atoms with van der Waals surface area (Å²) in [4.78, 5) is 4.20. The summed E-state index contributed by atoms with van der Waals surface area (Å²) in [7, 11) is 1.77. The Balaban J connectivity index is 0.00000220. The van der Waals surface area contributed by atoms with Crippen molar-refractivity contribution in [2.75, 3.05) is 13.6 Å². The van der Waals surface area contributed by atoms with Crippen LogP contribution in [0.1, 0.15) is 42.9 Å². The number of nitrogens with one attached hydrogen (secondary N) is 2. The first-order valence-electron chi connectivity index (χ1n) is 7.53. The first-order valence-corrected chi connectivity index (χ1v) is 7.53. The van der Waals surface area contributed by atoms with Crippen molar-refractivity contribution in [2.24, 2.45) is 4.99 Å². The number of halogens is 1. The SMILES string of the molecule is CCCNC(=NC)NCc1c(O)ccc2c1CCCC2.I. The zero-order valence-corrected chi connectivity index (χ0v) is 15.2. The van der Waals surface area contributed by atoms with Gasteiger partial charge in [0.25, 0.3) is 0 Å². The molecule has 0 heterocycles. The summed E-state index contributed by atoms with van der Waals surface area (Å²) >= 11 is 0. The van der Waals surface area contributed by atoms with E-state index in [4.69, 9.17) is 0 Å². The molecule has 0 aromatic heterocycles. The van der Waals surface area contributed by atoms with E-state index in [-0.39, 0.29) is 24.0 Å². The Morgan fingerprint density at radius 1 is 1.24 bits per heavy atom. The van der Waals surface area contributed by atoms with Crippen molar-refractivity contribution >= 4 is 29.9 Å². The number of hydrogen-bond donors (Lipinski definition) is 3. The molecule has 0 fully saturated rings. The number of rotatable bonds is 4. The van der Waals surface area contributed by atoms with Gasteiger partial charge in [0.2, 0.25) is 0 Å². The first-order chi connectivity index (χ1) is 9.76. The summed E-state index contributed by atoms with van der Waals surface area (Å²) in [6, 6.07) is 3.89. The van der Waals surface area contributed by atoms with Gasteiger partial charge in [0.15, 0.2) is 5.96 Å². The second-order valence-corrected chi connectivity index (χ2v) is 5.26. The predicted molar refractivity (Wildman–Crippen MR) is 98.7 cm³/mol. The van der Waals surface area contributed by atoms with Crippen molar-refractivity contribution in [1.29, 1.82) is 0 Å². The lowest BCUT2D eigenvalue weighted by atomic mass is 9.88. The molecule has 118 valence electrons. The maximum absolute atomic E-state index is 10.1. The highest BCUT2D eigenvalue weighted by Gasteiger charge is 2.16. The first kappa shape index (κ1) is 18.1. The van der Waals surface area contributed by atoms with Crippen LogP contribution in [0.4, 0.5) is 0 Å². The number of benzene rings is 1. The van der Waals surface area contributed by atoms with Gasteiger partial charge in [0.05, 0.1) is 0 Å². The second kappa shape index (κ2) is 9.12. The third-order valence-corrected chi connectivity index (χ3v) is 3.83. The number of aromatic hydroxyl groups is 1. The Hall–Kier alpha value is -0.980. The summed E-state index contributed by atoms with van der Waals surface area (Å²) in [5, 5.41) is 16.7. The van der Waals surface area contributed by atoms with E-state index in [1.54, 1.807) is 7.05 Å². The molecule has 0 saturated carbocycles. The lowest BCUT2D eigenvalue weighted by molar-refractivity contribution is 0.464. The molecule has 1 aliphatic carbocycles. The smallest absolute Gasteiger partial charge is 0.191 e. The number of hydrogen-bond acceptors (Lipinski definition) is 2. The highest BCUT2D eigenvalue weighted by atomic mass is 127. The molecule has 2 rings (SSSR count). The van der Waals surface area contributed by atoms with Gasteiger partial charge in [-0.15, -0.1) is 24.0 Å². The van der Waals surface area contributed by atoms with Crippen LogP contribution in [0.2, 0.25) is 0 Å². The molecule has 0 atom stereocenters. The van der Waals surface area contributed by atoms with Gasteiger partial charge in [-0.1, -0.05) is 13.0 Å². The molecule has 0 saturated heterocycles. The van der Waals surface area contributed by atoms with E-state index in [0.717, 1.165) is 37.3 Å². The molecule has 4 nitrogen and oxygen atoms in total. The molecule has 0 amide bonds. The lowest BCUT2D eigenvalue weighted by Gasteiger charge is -2.21. The molecule has 21 heavy (non-hydrogen) atoms. The average Bonchev–Trinajstić information content (AvgIpc) is 2.49. The van der Waals surface area contributed by atoms with E-state index in [9.17, 15) is 5.11 Å². The van der Waals surface area contributed by atoms with Crippen LogP contribution < -0.4 is 10.6 Å². The number of phenolic OH excluding ortho intramolecular Hbond substituents is 1. The number of aryl methyl sites for hydroxylation is 1. The number of guanidine groups is 1. The molecule has 0 aliphatic heterocycles. The van der Waals surface area contributed by atoms with E-state index >= 15 is 0 Å². The van der Waals surface area contributed by atoms with Gasteiger partial charge < -0.3 is 15.7 Å². The Morgan fingerprint density at radius 3 is 2.71 bits per heavy atom. The summed E-state index contributed by atoms with van der Waals surface area (Å²) in [6.07, 6.45) is 5.73. The Morgan fingerprint density at radius 2 is 2.00 bits per heavy atom. The fraction of sp³-hybridized carbons (Fsp3) is 0.562. The molecule has 1 aliphatic rings. The Bertz CT molecular complexity index is 489. The summed E-state index contributed by atoms with van der Waals surface area (Å²) < 4.78 is 0. The zero-order chi connectivity index (χ0) is 14.4. The molecular formula is C16H26IN3O. The molecule has 0 radical (unpaired) electrons. The molecule has 0 bridgehead atoms. The number of aliphatic imine (C=N–C) groups is 1. The van der Waals surface area contributed by atoms with Crippen molar-refractivity contribution in [3.05, 3.63) is 28.8 Å². The van der Waals surface area contributed by atoms with Crippen LogP contribution in [0.5, 0.6) is 5.75 Å². The van der Waals surface area contributed by atoms with Gasteiger partial charge in [0, 0.05) is 25.7 Å². The van der Waals surface area contributed by atoms with Gasteiger partial charge in [-0.3, -0.25) is 4.99 Å². The lowest BCUT2D eigenvalue weighted by Crippen LogP contribution is -2.37. The van der Waals surface area contributed by atoms with Crippen LogP contribution in [-0.4, -0.2) is 24.7 Å². The fourth-order valence-corrected chi connectivity index (χ4v) is 2.73. The van der Waals surface area contributed by atoms with Crippen LogP contribution in [0.3, 0.4) is 0 Å². The predicted octanol–water partition coefficient (Wildman–Crippen LogP) is 2.96. The van der Waals surface area contributed by atoms with Crippen molar-refractivity contribution in [3.63, 3.8) is 0 Å². The Labute approximate surface area is 144 Å². The van der Waals surface area contributed by atoms with Crippen LogP contribution in [-0.2, 0) is 19.4 Å². The minimum absolute atomic E-state index is 0. The summed E-state index contributed by atoms with van der Waals surface area (Å²) in [5.74, 6) is 1.18. The van der Waals surface area contributed by atoms with E-state index in [1.807, 2.05) is 6.07 Å². The maximum Gasteiger partial charge on any atom is 0.191 e. The number of nitrogens with zero attached hydrogens (tertiary/aromatic N) is 1. The number of fused-ring (bicyclic) bond motifs is 1. The third-order valence-electron chi connectivity index (χ3n) is 3.83. The molecular weight excluding hydrogens is 377 g/mol. The van der Waals surface area contributed by atoms with Gasteiger partial charge in [-0.25, -0.2) is 0 Å². The van der Waals surface area contributed by atoms with Crippen LogP contribution in [0.25, 0.3) is 0 Å². The normalized spacial score (nSPS) is 14.1. The zero-order valence-electron chi connectivity index (χ0n) is 12.9. The second-order valence-electron chi connectivity index (χ2n) is 5.26. The number of phenols is 1. The van der Waals surface area contributed by atoms with E-state index < -0.39 is 0 Å². The topological polar surface area (TPSA) is 56.7 Å². The maximum atomic E-state index is 10.1. The molecule has 1 aromatic rings. The van der Waals surface area contributed by atoms with Gasteiger partial charge >= 0.3 is 0 Å². The quantitative estimate of drug-likeness (QED) is 0.412. The van der Waals surface area contributed by atoms with Crippen molar-refractivity contribution < 1.29 is 5.11 Å². The highest BCUT2D eigenvalue weighted by Crippen LogP contribution is 2.30. The van der Waals surface area contributed by atoms with Crippen molar-refractivity contribution in [3.8, 4) is 5.75 Å². The van der Waals surface area contributed by atoms with Gasteiger partial charge in [0.1, 0.15) is 5.75 Å². The third kappa shape index (κ3) is 4.76. The summed E-state index contributed by atoms with van der Waals surface area (Å²) in [6.45, 7) is 3.65. The van der Waals surface area contributed by atoms with E-state index in [0.29, 0.717) is 12.3 Å². The monoisotopic (exact) mass is 403 g/mol. The molecule has 1 aromatic carbocycles. The molecule has 5 heteroatoms. The molecule has 0 spiro atoms. The highest BCUT2D eigenvalue weighted by molar-refractivity contribution is 14.0. The summed E-state index contributed by atoms with van der Waals surface area (Å²) in [5.41, 5.74) is 3.75. The molecule has 0 unspecified atom stereocenters. The largest absolute Gasteiger partial charge is 0.508 e. The Kier molecular flexibility index (Phi) is 7.85. The van der Waals surface area contributed by atoms with Crippen LogP contribution >= 0.6 is 24.0 Å². The molecule has 3 N–H and O–H groups in total. The van der Waals surface area contributed by atoms with E-state index in [1.165, 1.54) is 24.0 Å². The average molecular weight is 403 g/mol. The fourth-order valence-electron chi connectivity index (χ4n) is 2.73. The van der Waals surface area contributed by atoms with Gasteiger partial charge in [-0.05, 0) is 49.3 Å². The van der Waals surface area contributed by atoms with E-state index in [2.05, 4.69) is 28.6 Å². The minimum Gasteiger partial charge on any atom is -0.508 e. The van der Waals surface area contributed by atoms with Crippen molar-refractivity contribution in [2.45, 2.75) is 45.6 Å².